The van der Waals surface area contributed by atoms with Crippen LogP contribution in [-0.2, 0) is 0 Å². The van der Waals surface area contributed by atoms with Crippen molar-refractivity contribution in [3.63, 3.8) is 0 Å². The molecule has 0 atom stereocenters. The first-order valence-corrected chi connectivity index (χ1v) is 0. The summed E-state index contributed by atoms with van der Waals surface area (Å²) in [7, 11) is 0. The van der Waals surface area contributed by atoms with Crippen LogP contribution >= 0.6 is 13.5 Å². The van der Waals surface area contributed by atoms with Crippen LogP contribution in [0.1, 0.15) is 0 Å². The van der Waals surface area contributed by atoms with Gasteiger partial charge in [0.1, 0.15) is 0 Å². The molecule has 4 heavy (non-hydrogen) atoms. The van der Waals surface area contributed by atoms with Crippen molar-refractivity contribution in [1.29, 1.82) is 0 Å². The van der Waals surface area contributed by atoms with Gasteiger partial charge in [-0.2, -0.15) is 13.5 Å². The second kappa shape index (κ2) is 16.5. The van der Waals surface area contributed by atoms with Gasteiger partial charge in [-0.25, -0.2) is 0 Å². The average Bonchev–Trinajstić information content (AvgIpc) is 0. The molecule has 0 N–H and O–H groups in total. The minimum absolute atomic E-state index is 0. The second-order valence-electron chi connectivity index (χ2n) is 0. The van der Waals surface area contributed by atoms with Crippen LogP contribution in [0.25, 0.3) is 0 Å². The second-order valence-corrected chi connectivity index (χ2v) is 0. The van der Waals surface area contributed by atoms with Crippen LogP contribution in [0.3, 0.4) is 0 Å². The first-order valence-electron chi connectivity index (χ1n) is 0. The molecule has 26 valence electrons. The molecule has 0 aromatic rings. The molecule has 0 aromatic carbocycles. The van der Waals surface area contributed by atoms with Crippen molar-refractivity contribution in [3.8, 4) is 0 Å². The molecular formula is H9BaGaSSe. The van der Waals surface area contributed by atoms with E-state index in [1.165, 1.54) is 0 Å². The van der Waals surface area contributed by atoms with Crippen molar-refractivity contribution in [2.45, 2.75) is 0 Å². The fourth-order valence-electron chi connectivity index (χ4n) is 0. The quantitative estimate of drug-likeness (QED) is 0.419. The zero-order valence-electron chi connectivity index (χ0n) is 1.00. The summed E-state index contributed by atoms with van der Waals surface area (Å²) in [6.45, 7) is 0. The van der Waals surface area contributed by atoms with Gasteiger partial charge in [-0.3, -0.25) is 0 Å². The van der Waals surface area contributed by atoms with Crippen molar-refractivity contribution < 1.29 is 0 Å². The minimum atomic E-state index is 0. The fourth-order valence-corrected chi connectivity index (χ4v) is 0. The maximum atomic E-state index is 0. The van der Waals surface area contributed by atoms with Crippen LogP contribution in [0.2, 0.25) is 0 Å². The zero-order chi connectivity index (χ0) is 0. The van der Waals surface area contributed by atoms with Gasteiger partial charge in [-0.15, -0.1) is 0 Å². The third-order valence-electron chi connectivity index (χ3n) is 0. The molecule has 0 saturated carbocycles. The van der Waals surface area contributed by atoms with E-state index in [-0.39, 0.29) is 99.2 Å². The molecule has 0 fully saturated rings. The molecule has 0 saturated heterocycles. The van der Waals surface area contributed by atoms with Gasteiger partial charge < -0.3 is 0 Å². The van der Waals surface area contributed by atoms with Crippen molar-refractivity contribution in [2.75, 3.05) is 0 Å². The Morgan fingerprint density at radius 2 is 1.00 bits per heavy atom. The topological polar surface area (TPSA) is 0 Å². The third kappa shape index (κ3) is 8.91. The Balaban J connectivity index is 0. The summed E-state index contributed by atoms with van der Waals surface area (Å²) in [6, 6.07) is 0. The Kier molecular flexibility index (Phi) is 114. The van der Waals surface area contributed by atoms with E-state index in [4.69, 9.17) is 0 Å². The fraction of sp³-hybridized carbons (Fsp3) is 0. The summed E-state index contributed by atoms with van der Waals surface area (Å²) in [6.07, 6.45) is 0. The first-order chi connectivity index (χ1) is 0. The Bertz CT molecular complexity index is 8.00. The van der Waals surface area contributed by atoms with Gasteiger partial charge >= 0.3 is 85.7 Å². The number of hydrogen-bond acceptors (Lipinski definition) is 0. The van der Waals surface area contributed by atoms with Crippen molar-refractivity contribution >= 4 is 99.2 Å². The molecule has 0 spiro atoms. The monoisotopic (exact) mass is 328 g/mol. The van der Waals surface area contributed by atoms with Gasteiger partial charge in [0.2, 0.25) is 0 Å². The van der Waals surface area contributed by atoms with Gasteiger partial charge in [0.05, 0.1) is 0 Å². The molecule has 0 aromatic heterocycles. The molecule has 0 amide bonds. The Morgan fingerprint density at radius 3 is 1.00 bits per heavy atom. The summed E-state index contributed by atoms with van der Waals surface area (Å²) in [5.41, 5.74) is 0. The molecule has 4 heteroatoms. The van der Waals surface area contributed by atoms with Crippen LogP contribution in [-0.4, -0.2) is 85.7 Å². The number of hydrogen-bond donors (Lipinski definition) is 0. The summed E-state index contributed by atoms with van der Waals surface area (Å²) in [4.78, 5) is 0. The molecule has 0 heterocycles. The van der Waals surface area contributed by atoms with E-state index in [9.17, 15) is 0 Å². The van der Waals surface area contributed by atoms with E-state index in [1.807, 2.05) is 0 Å². The average molecular weight is 327 g/mol. The summed E-state index contributed by atoms with van der Waals surface area (Å²) in [5.74, 6) is 0. The van der Waals surface area contributed by atoms with Crippen LogP contribution in [0, 0.1) is 0 Å². The molecule has 0 nitrogen and oxygen atoms in total. The van der Waals surface area contributed by atoms with Gasteiger partial charge in [0, 0.05) is 0 Å². The molecule has 0 unspecified atom stereocenters. The van der Waals surface area contributed by atoms with E-state index in [2.05, 4.69) is 0 Å². The van der Waals surface area contributed by atoms with E-state index in [0.717, 1.165) is 0 Å². The maximum absolute atomic E-state index is 0. The van der Waals surface area contributed by atoms with Crippen molar-refractivity contribution in [1.82, 2.24) is 0 Å². The van der Waals surface area contributed by atoms with Gasteiger partial charge in [-0.1, -0.05) is 0 Å². The Hall–Kier alpha value is 3.08. The van der Waals surface area contributed by atoms with Crippen molar-refractivity contribution in [3.05, 3.63) is 0 Å². The normalized spacial score (nSPS) is 0. The third-order valence-corrected chi connectivity index (χ3v) is 0. The predicted octanol–water partition coefficient (Wildman–Crippen LogP) is -2.90. The van der Waals surface area contributed by atoms with Crippen LogP contribution in [0.5, 0.6) is 0 Å². The summed E-state index contributed by atoms with van der Waals surface area (Å²) in [5, 5.41) is 0. The molecule has 0 aliphatic heterocycles. The van der Waals surface area contributed by atoms with E-state index in [1.54, 1.807) is 0 Å². The molecule has 0 aliphatic rings. The van der Waals surface area contributed by atoms with Gasteiger partial charge in [-0.05, 0) is 0 Å². The first kappa shape index (κ1) is 27.6. The van der Waals surface area contributed by atoms with Crippen LogP contribution in [0.15, 0.2) is 0 Å². The molecule has 0 radical (unpaired) electrons. The molecule has 0 aliphatic carbocycles. The zero-order valence-corrected chi connectivity index (χ0v) is 4.10. The predicted molar refractivity (Wildman–Crippen MR) is 37.4 cm³/mol. The van der Waals surface area contributed by atoms with E-state index < -0.39 is 0 Å². The summed E-state index contributed by atoms with van der Waals surface area (Å²) >= 11 is 0. The van der Waals surface area contributed by atoms with E-state index >= 15 is 0 Å². The van der Waals surface area contributed by atoms with Crippen LogP contribution < -0.4 is 0 Å². The Morgan fingerprint density at radius 1 is 1.00 bits per heavy atom. The van der Waals surface area contributed by atoms with Gasteiger partial charge in [0.25, 0.3) is 0 Å². The molecule has 0 bridgehead atoms. The van der Waals surface area contributed by atoms with Crippen LogP contribution in [0.4, 0.5) is 0 Å². The SMILES string of the molecule is S.[BaH2].[GaH3].[SeH2]. The molecule has 0 rings (SSSR count). The number of rotatable bonds is 0. The van der Waals surface area contributed by atoms with Crippen molar-refractivity contribution in [2.24, 2.45) is 0 Å². The molecular weight excluding hydrogens is 318 g/mol. The van der Waals surface area contributed by atoms with E-state index in [0.29, 0.717) is 0 Å². The van der Waals surface area contributed by atoms with Gasteiger partial charge in [0.15, 0.2) is 0 Å². The summed E-state index contributed by atoms with van der Waals surface area (Å²) < 4.78 is 0. The Labute approximate surface area is 96.9 Å². The standard InChI is InChI=1S/Ba.Ga.H2S.H2Se.5H/h;;2*1H2;;;;;.